The van der Waals surface area contributed by atoms with E-state index in [9.17, 15) is 0 Å². The normalized spacial score (nSPS) is 11.6. The molecular formula is C25H20N4. The van der Waals surface area contributed by atoms with Crippen molar-refractivity contribution in [2.75, 3.05) is 0 Å². The fourth-order valence-corrected chi connectivity index (χ4v) is 4.12. The molecule has 0 radical (unpaired) electrons. The molecular weight excluding hydrogens is 356 g/mol. The van der Waals surface area contributed by atoms with Gasteiger partial charge in [0.1, 0.15) is 11.1 Å². The molecule has 5 rings (SSSR count). The van der Waals surface area contributed by atoms with Crippen LogP contribution in [0.25, 0.3) is 11.2 Å². The summed E-state index contributed by atoms with van der Waals surface area (Å²) in [6.07, 6.45) is 3.45. The van der Waals surface area contributed by atoms with Gasteiger partial charge in [-0.2, -0.15) is 5.10 Å². The molecule has 0 saturated carbocycles. The zero-order chi connectivity index (χ0) is 19.7. The Kier molecular flexibility index (Phi) is 4.17. The van der Waals surface area contributed by atoms with Crippen molar-refractivity contribution in [3.8, 4) is 0 Å². The Morgan fingerprint density at radius 3 is 1.55 bits per heavy atom. The standard InChI is InChI=1S/C25H20N4/c1-19-23-24(27-18-17-26-23)29(28-19)25(20-11-5-2-6-12-20,21-13-7-3-8-14-21)22-15-9-4-10-16-22/h2-18H,1H3. The van der Waals surface area contributed by atoms with E-state index in [4.69, 9.17) is 5.10 Å². The van der Waals surface area contributed by atoms with Gasteiger partial charge in [-0.1, -0.05) is 91.0 Å². The highest BCUT2D eigenvalue weighted by molar-refractivity contribution is 5.74. The van der Waals surface area contributed by atoms with Crippen molar-refractivity contribution in [2.45, 2.75) is 12.5 Å². The highest BCUT2D eigenvalue weighted by Crippen LogP contribution is 2.41. The van der Waals surface area contributed by atoms with Gasteiger partial charge >= 0.3 is 0 Å². The lowest BCUT2D eigenvalue weighted by Crippen LogP contribution is -2.38. The molecule has 0 aliphatic carbocycles. The smallest absolute Gasteiger partial charge is 0.178 e. The van der Waals surface area contributed by atoms with Gasteiger partial charge in [0, 0.05) is 12.4 Å². The molecule has 0 amide bonds. The molecule has 2 aromatic heterocycles. The number of fused-ring (bicyclic) bond motifs is 1. The molecule has 0 saturated heterocycles. The van der Waals surface area contributed by atoms with Crippen molar-refractivity contribution in [3.05, 3.63) is 126 Å². The van der Waals surface area contributed by atoms with Gasteiger partial charge in [0.25, 0.3) is 0 Å². The van der Waals surface area contributed by atoms with E-state index in [0.29, 0.717) is 0 Å². The van der Waals surface area contributed by atoms with Crippen molar-refractivity contribution >= 4 is 11.2 Å². The monoisotopic (exact) mass is 376 g/mol. The lowest BCUT2D eigenvalue weighted by Gasteiger charge is -2.36. The quantitative estimate of drug-likeness (QED) is 0.416. The number of benzene rings is 3. The molecule has 4 heteroatoms. The van der Waals surface area contributed by atoms with Gasteiger partial charge in [0.15, 0.2) is 5.65 Å². The van der Waals surface area contributed by atoms with E-state index >= 15 is 0 Å². The fourth-order valence-electron chi connectivity index (χ4n) is 4.12. The fraction of sp³-hybridized carbons (Fsp3) is 0.0800. The first-order chi connectivity index (χ1) is 14.3. The van der Waals surface area contributed by atoms with Crippen molar-refractivity contribution in [1.82, 2.24) is 19.7 Å². The van der Waals surface area contributed by atoms with Crippen LogP contribution in [0.5, 0.6) is 0 Å². The SMILES string of the molecule is Cc1nn(C(c2ccccc2)(c2ccccc2)c2ccccc2)c2nccnc12. The highest BCUT2D eigenvalue weighted by atomic mass is 15.4. The Labute approximate surface area is 169 Å². The summed E-state index contributed by atoms with van der Waals surface area (Å²) in [5, 5.41) is 4.98. The van der Waals surface area contributed by atoms with Crippen LogP contribution in [0, 0.1) is 6.92 Å². The van der Waals surface area contributed by atoms with Crippen LogP contribution in [-0.4, -0.2) is 19.7 Å². The van der Waals surface area contributed by atoms with Crippen molar-refractivity contribution in [3.63, 3.8) is 0 Å². The Morgan fingerprint density at radius 2 is 1.07 bits per heavy atom. The average molecular weight is 376 g/mol. The molecule has 0 bridgehead atoms. The van der Waals surface area contributed by atoms with Crippen LogP contribution < -0.4 is 0 Å². The average Bonchev–Trinajstić information content (AvgIpc) is 3.14. The number of aryl methyl sites for hydroxylation is 1. The number of aromatic nitrogens is 4. The van der Waals surface area contributed by atoms with Gasteiger partial charge in [0.2, 0.25) is 0 Å². The van der Waals surface area contributed by atoms with E-state index in [1.807, 2.05) is 29.8 Å². The number of hydrogen-bond acceptors (Lipinski definition) is 3. The molecule has 0 N–H and O–H groups in total. The summed E-state index contributed by atoms with van der Waals surface area (Å²) in [6, 6.07) is 31.4. The summed E-state index contributed by atoms with van der Waals surface area (Å²) < 4.78 is 2.03. The zero-order valence-corrected chi connectivity index (χ0v) is 16.1. The summed E-state index contributed by atoms with van der Waals surface area (Å²) in [6.45, 7) is 1.99. The molecule has 0 fully saturated rings. The van der Waals surface area contributed by atoms with Crippen LogP contribution in [0.4, 0.5) is 0 Å². The third-order valence-corrected chi connectivity index (χ3v) is 5.36. The van der Waals surface area contributed by atoms with Crippen LogP contribution >= 0.6 is 0 Å². The molecule has 0 spiro atoms. The Bertz CT molecular complexity index is 1150. The van der Waals surface area contributed by atoms with E-state index < -0.39 is 5.54 Å². The van der Waals surface area contributed by atoms with Crippen molar-refractivity contribution in [2.24, 2.45) is 0 Å². The maximum atomic E-state index is 4.98. The maximum absolute atomic E-state index is 4.98. The Morgan fingerprint density at radius 1 is 0.621 bits per heavy atom. The first-order valence-electron chi connectivity index (χ1n) is 9.65. The third-order valence-electron chi connectivity index (χ3n) is 5.36. The van der Waals surface area contributed by atoms with E-state index in [2.05, 4.69) is 82.8 Å². The lowest BCUT2D eigenvalue weighted by atomic mass is 9.77. The number of rotatable bonds is 4. The molecule has 5 aromatic rings. The zero-order valence-electron chi connectivity index (χ0n) is 16.1. The summed E-state index contributed by atoms with van der Waals surface area (Å²) in [4.78, 5) is 9.23. The summed E-state index contributed by atoms with van der Waals surface area (Å²) in [5.74, 6) is 0. The number of hydrogen-bond donors (Lipinski definition) is 0. The van der Waals surface area contributed by atoms with Crippen LogP contribution in [0.2, 0.25) is 0 Å². The van der Waals surface area contributed by atoms with Crippen LogP contribution in [0.15, 0.2) is 103 Å². The molecule has 140 valence electrons. The van der Waals surface area contributed by atoms with Gasteiger partial charge in [-0.05, 0) is 23.6 Å². The third kappa shape index (κ3) is 2.64. The molecule has 0 aliphatic heterocycles. The summed E-state index contributed by atoms with van der Waals surface area (Å²) in [5.41, 5.74) is 5.13. The predicted molar refractivity (Wildman–Crippen MR) is 115 cm³/mol. The topological polar surface area (TPSA) is 43.6 Å². The van der Waals surface area contributed by atoms with Crippen molar-refractivity contribution < 1.29 is 0 Å². The van der Waals surface area contributed by atoms with Gasteiger partial charge in [-0.15, -0.1) is 0 Å². The summed E-state index contributed by atoms with van der Waals surface area (Å²) >= 11 is 0. The molecule has 2 heterocycles. The second-order valence-electron chi connectivity index (χ2n) is 7.03. The first kappa shape index (κ1) is 17.3. The van der Waals surface area contributed by atoms with E-state index in [1.165, 1.54) is 0 Å². The number of nitrogens with zero attached hydrogens (tertiary/aromatic N) is 4. The minimum atomic E-state index is -0.674. The van der Waals surface area contributed by atoms with Crippen LogP contribution in [-0.2, 0) is 5.54 Å². The Balaban J connectivity index is 1.99. The largest absolute Gasteiger partial charge is 0.249 e. The molecule has 0 atom stereocenters. The molecule has 4 nitrogen and oxygen atoms in total. The van der Waals surface area contributed by atoms with Gasteiger partial charge in [-0.25, -0.2) is 14.6 Å². The predicted octanol–water partition coefficient (Wildman–Crippen LogP) is 4.97. The van der Waals surface area contributed by atoms with E-state index in [-0.39, 0.29) is 0 Å². The lowest BCUT2D eigenvalue weighted by molar-refractivity contribution is 0.470. The van der Waals surface area contributed by atoms with E-state index in [1.54, 1.807) is 12.4 Å². The van der Waals surface area contributed by atoms with Gasteiger partial charge in [0.05, 0.1) is 5.69 Å². The Hall–Kier alpha value is -3.79. The molecule has 0 aliphatic rings. The van der Waals surface area contributed by atoms with Gasteiger partial charge < -0.3 is 0 Å². The van der Waals surface area contributed by atoms with E-state index in [0.717, 1.165) is 33.5 Å². The summed E-state index contributed by atoms with van der Waals surface area (Å²) in [7, 11) is 0. The minimum Gasteiger partial charge on any atom is -0.249 e. The molecule has 0 unspecified atom stereocenters. The second-order valence-corrected chi connectivity index (χ2v) is 7.03. The minimum absolute atomic E-state index is 0.674. The highest BCUT2D eigenvalue weighted by Gasteiger charge is 2.41. The molecule has 29 heavy (non-hydrogen) atoms. The second kappa shape index (κ2) is 6.99. The first-order valence-corrected chi connectivity index (χ1v) is 9.65. The van der Waals surface area contributed by atoms with Gasteiger partial charge in [-0.3, -0.25) is 0 Å². The van der Waals surface area contributed by atoms with Crippen molar-refractivity contribution in [1.29, 1.82) is 0 Å². The van der Waals surface area contributed by atoms with Crippen LogP contribution in [0.3, 0.4) is 0 Å². The molecule has 3 aromatic carbocycles. The van der Waals surface area contributed by atoms with Crippen LogP contribution in [0.1, 0.15) is 22.4 Å². The maximum Gasteiger partial charge on any atom is 0.178 e.